The molecule has 2 N–H and O–H groups in total. The summed E-state index contributed by atoms with van der Waals surface area (Å²) in [5, 5.41) is 5.92. The van der Waals surface area contributed by atoms with Crippen LogP contribution < -0.4 is 10.6 Å². The van der Waals surface area contributed by atoms with E-state index >= 15 is 0 Å². The summed E-state index contributed by atoms with van der Waals surface area (Å²) < 4.78 is 0. The van der Waals surface area contributed by atoms with Crippen LogP contribution in [0.3, 0.4) is 0 Å². The largest absolute Gasteiger partial charge is 0.327 e. The zero-order valence-corrected chi connectivity index (χ0v) is 9.41. The Morgan fingerprint density at radius 1 is 1.29 bits per heavy atom. The molecule has 0 bridgehead atoms. The first-order chi connectivity index (χ1) is 6.52. The summed E-state index contributed by atoms with van der Waals surface area (Å²) >= 11 is 3.29. The molecule has 0 aromatic heterocycles. The Balaban J connectivity index is 2.28. The minimum atomic E-state index is -0.368. The molecule has 2 aliphatic heterocycles. The number of likely N-dealkylation sites (N-methyl/N-ethyl adjacent to an activating group) is 2. The summed E-state index contributed by atoms with van der Waals surface area (Å²) in [6.07, 6.45) is -0.268. The van der Waals surface area contributed by atoms with Gasteiger partial charge in [0, 0.05) is 14.1 Å². The molecule has 14 heavy (non-hydrogen) atoms. The van der Waals surface area contributed by atoms with Crippen LogP contribution in [0.15, 0.2) is 0 Å². The van der Waals surface area contributed by atoms with E-state index in [0.717, 1.165) is 4.90 Å². The highest BCUT2D eigenvalue weighted by Gasteiger charge is 2.47. The van der Waals surface area contributed by atoms with Crippen LogP contribution in [0.5, 0.6) is 0 Å². The van der Waals surface area contributed by atoms with Crippen LogP contribution in [0, 0.1) is 0 Å². The summed E-state index contributed by atoms with van der Waals surface area (Å²) in [6.45, 7) is 0. The Morgan fingerprint density at radius 3 is 2.57 bits per heavy atom. The van der Waals surface area contributed by atoms with Gasteiger partial charge in [-0.3, -0.25) is 20.3 Å². The van der Waals surface area contributed by atoms with Crippen LogP contribution in [0.2, 0.25) is 0 Å². The second-order valence-electron chi connectivity index (χ2n) is 3.41. The van der Waals surface area contributed by atoms with E-state index in [9.17, 15) is 9.59 Å². The molecular weight excluding hydrogens is 252 g/mol. The van der Waals surface area contributed by atoms with E-state index in [0.29, 0.717) is 0 Å². The smallest absolute Gasteiger partial charge is 0.310 e. The molecule has 0 saturated carbocycles. The standard InChI is InChI=1S/C7H11BrN4O2/c1-11-4-3(9-6(8)10-4)5(13)12(2)7(11)14/h3-4,6,9-10H,1-2H3. The lowest BCUT2D eigenvalue weighted by Gasteiger charge is -2.37. The molecular formula is C7H11BrN4O2. The Kier molecular flexibility index (Phi) is 2.24. The van der Waals surface area contributed by atoms with Gasteiger partial charge in [0.25, 0.3) is 5.91 Å². The number of halogens is 1. The van der Waals surface area contributed by atoms with Crippen molar-refractivity contribution in [2.24, 2.45) is 0 Å². The predicted molar refractivity (Wildman–Crippen MR) is 52.5 cm³/mol. The lowest BCUT2D eigenvalue weighted by Crippen LogP contribution is -2.64. The molecule has 2 heterocycles. The Bertz CT molecular complexity index is 297. The van der Waals surface area contributed by atoms with Crippen molar-refractivity contribution in [1.29, 1.82) is 0 Å². The van der Waals surface area contributed by atoms with Crippen LogP contribution in [0.1, 0.15) is 0 Å². The second kappa shape index (κ2) is 3.18. The number of imide groups is 1. The third-order valence-electron chi connectivity index (χ3n) is 2.56. The summed E-state index contributed by atoms with van der Waals surface area (Å²) in [6, 6.07) is -0.653. The van der Waals surface area contributed by atoms with Gasteiger partial charge in [0.2, 0.25) is 0 Å². The Hall–Kier alpha value is -0.660. The van der Waals surface area contributed by atoms with Crippen LogP contribution >= 0.6 is 15.9 Å². The fourth-order valence-corrected chi connectivity index (χ4v) is 2.30. The van der Waals surface area contributed by atoms with Crippen LogP contribution in [0.4, 0.5) is 4.79 Å². The maximum absolute atomic E-state index is 11.7. The van der Waals surface area contributed by atoms with Gasteiger partial charge in [0.05, 0.1) is 0 Å². The number of amides is 3. The molecule has 2 saturated heterocycles. The lowest BCUT2D eigenvalue weighted by atomic mass is 10.1. The zero-order chi connectivity index (χ0) is 10.5. The average Bonchev–Trinajstić information content (AvgIpc) is 2.54. The van der Waals surface area contributed by atoms with Crippen molar-refractivity contribution in [3.8, 4) is 0 Å². The number of nitrogens with zero attached hydrogens (tertiary/aromatic N) is 2. The second-order valence-corrected chi connectivity index (χ2v) is 4.32. The van der Waals surface area contributed by atoms with E-state index in [1.807, 2.05) is 0 Å². The van der Waals surface area contributed by atoms with Gasteiger partial charge in [-0.1, -0.05) is 15.9 Å². The van der Waals surface area contributed by atoms with Gasteiger partial charge in [0.1, 0.15) is 17.3 Å². The molecule has 3 unspecified atom stereocenters. The number of hydrogen-bond acceptors (Lipinski definition) is 4. The van der Waals surface area contributed by atoms with Crippen molar-refractivity contribution in [2.75, 3.05) is 14.1 Å². The third-order valence-corrected chi connectivity index (χ3v) is 3.09. The monoisotopic (exact) mass is 262 g/mol. The molecule has 7 heteroatoms. The topological polar surface area (TPSA) is 64.7 Å². The molecule has 2 aliphatic rings. The van der Waals surface area contributed by atoms with Crippen molar-refractivity contribution in [2.45, 2.75) is 17.3 Å². The molecule has 0 aromatic rings. The number of fused-ring (bicyclic) bond motifs is 1. The number of carbonyl (C=O) groups excluding carboxylic acids is 2. The highest BCUT2D eigenvalue weighted by atomic mass is 79.9. The number of nitrogens with one attached hydrogen (secondary N) is 2. The van der Waals surface area contributed by atoms with E-state index in [1.54, 1.807) is 7.05 Å². The van der Waals surface area contributed by atoms with Gasteiger partial charge in [0.15, 0.2) is 0 Å². The molecule has 3 amide bonds. The third kappa shape index (κ3) is 1.23. The fourth-order valence-electron chi connectivity index (χ4n) is 1.74. The SMILES string of the molecule is CN1C(=O)C2NC(Br)NC2N(C)C1=O. The van der Waals surface area contributed by atoms with Gasteiger partial charge in [-0.05, 0) is 0 Å². The van der Waals surface area contributed by atoms with Gasteiger partial charge in [-0.15, -0.1) is 0 Å². The van der Waals surface area contributed by atoms with E-state index in [2.05, 4.69) is 26.6 Å². The maximum Gasteiger partial charge on any atom is 0.327 e. The number of hydrogen-bond donors (Lipinski definition) is 2. The fraction of sp³-hybridized carbons (Fsp3) is 0.714. The number of rotatable bonds is 0. The van der Waals surface area contributed by atoms with Gasteiger partial charge in [-0.2, -0.15) is 0 Å². The average molecular weight is 263 g/mol. The lowest BCUT2D eigenvalue weighted by molar-refractivity contribution is -0.133. The predicted octanol–water partition coefficient (Wildman–Crippen LogP) is -0.924. The minimum Gasteiger partial charge on any atom is -0.310 e. The van der Waals surface area contributed by atoms with Gasteiger partial charge in [-0.25, -0.2) is 4.79 Å². The van der Waals surface area contributed by atoms with E-state index in [-0.39, 0.29) is 29.2 Å². The van der Waals surface area contributed by atoms with Crippen LogP contribution in [-0.2, 0) is 4.79 Å². The number of urea groups is 1. The first kappa shape index (κ1) is 9.88. The normalized spacial score (nSPS) is 37.8. The van der Waals surface area contributed by atoms with Crippen LogP contribution in [-0.4, -0.2) is 53.1 Å². The van der Waals surface area contributed by atoms with Crippen molar-refractivity contribution < 1.29 is 9.59 Å². The van der Waals surface area contributed by atoms with Crippen molar-refractivity contribution in [1.82, 2.24) is 20.4 Å². The number of carbonyl (C=O) groups is 2. The number of alkyl halides is 1. The Labute approximate surface area is 89.7 Å². The molecule has 2 rings (SSSR count). The summed E-state index contributed by atoms with van der Waals surface area (Å²) in [5.41, 5.74) is 0. The molecule has 2 fully saturated rings. The highest BCUT2D eigenvalue weighted by molar-refractivity contribution is 9.09. The van der Waals surface area contributed by atoms with E-state index in [4.69, 9.17) is 0 Å². The van der Waals surface area contributed by atoms with E-state index in [1.165, 1.54) is 11.9 Å². The zero-order valence-electron chi connectivity index (χ0n) is 7.82. The molecule has 0 aromatic carbocycles. The van der Waals surface area contributed by atoms with Crippen molar-refractivity contribution >= 4 is 27.9 Å². The highest BCUT2D eigenvalue weighted by Crippen LogP contribution is 2.19. The first-order valence-electron chi connectivity index (χ1n) is 4.23. The maximum atomic E-state index is 11.7. The summed E-state index contributed by atoms with van der Waals surface area (Å²) in [5.74, 6) is -0.201. The summed E-state index contributed by atoms with van der Waals surface area (Å²) in [4.78, 5) is 25.8. The quantitative estimate of drug-likeness (QED) is 0.438. The Morgan fingerprint density at radius 2 is 1.93 bits per heavy atom. The molecule has 78 valence electrons. The molecule has 6 nitrogen and oxygen atoms in total. The van der Waals surface area contributed by atoms with E-state index < -0.39 is 0 Å². The van der Waals surface area contributed by atoms with Gasteiger partial charge >= 0.3 is 6.03 Å². The van der Waals surface area contributed by atoms with Crippen LogP contribution in [0.25, 0.3) is 0 Å². The molecule has 0 spiro atoms. The van der Waals surface area contributed by atoms with Gasteiger partial charge < -0.3 is 4.90 Å². The van der Waals surface area contributed by atoms with Crippen molar-refractivity contribution in [3.05, 3.63) is 0 Å². The first-order valence-corrected chi connectivity index (χ1v) is 5.14. The van der Waals surface area contributed by atoms with Crippen molar-refractivity contribution in [3.63, 3.8) is 0 Å². The summed E-state index contributed by atoms with van der Waals surface area (Å²) in [7, 11) is 3.16. The molecule has 3 atom stereocenters. The molecule has 0 radical (unpaired) electrons. The molecule has 0 aliphatic carbocycles. The minimum absolute atomic E-state index is 0.136.